The number of halogens is 1. The van der Waals surface area contributed by atoms with Crippen LogP contribution in [0.25, 0.3) is 0 Å². The topological polar surface area (TPSA) is 29.1 Å². The van der Waals surface area contributed by atoms with Crippen LogP contribution in [0.4, 0.5) is 5.69 Å². The van der Waals surface area contributed by atoms with Crippen molar-refractivity contribution in [2.75, 3.05) is 5.32 Å². The van der Waals surface area contributed by atoms with Crippen molar-refractivity contribution in [1.82, 2.24) is 0 Å². The van der Waals surface area contributed by atoms with Crippen molar-refractivity contribution in [3.63, 3.8) is 0 Å². The summed E-state index contributed by atoms with van der Waals surface area (Å²) in [6, 6.07) is 13.6. The first-order chi connectivity index (χ1) is 9.54. The zero-order valence-corrected chi connectivity index (χ0v) is 12.5. The summed E-state index contributed by atoms with van der Waals surface area (Å²) < 4.78 is 0. The molecule has 0 heterocycles. The molecule has 0 atom stereocenters. The molecule has 0 aliphatic rings. The molecule has 0 spiro atoms. The van der Waals surface area contributed by atoms with Crippen molar-refractivity contribution >= 4 is 23.2 Å². The first kappa shape index (κ1) is 14.6. The van der Waals surface area contributed by atoms with E-state index in [1.165, 1.54) is 0 Å². The van der Waals surface area contributed by atoms with E-state index in [0.717, 1.165) is 22.4 Å². The van der Waals surface area contributed by atoms with Crippen LogP contribution in [0.15, 0.2) is 42.5 Å². The van der Waals surface area contributed by atoms with E-state index in [1.807, 2.05) is 50.2 Å². The van der Waals surface area contributed by atoms with Crippen molar-refractivity contribution < 1.29 is 4.79 Å². The molecule has 0 unspecified atom stereocenters. The third kappa shape index (κ3) is 4.10. The Labute approximate surface area is 124 Å². The molecule has 0 bridgehead atoms. The number of hydrogen-bond acceptors (Lipinski definition) is 1. The summed E-state index contributed by atoms with van der Waals surface area (Å²) in [7, 11) is 0. The molecule has 104 valence electrons. The standard InChI is InChI=1S/C17H18ClNO/c1-12-9-13(2)11-15(10-12)19-17(20)8-7-14-5-3-4-6-16(14)18/h3-6,9-11H,7-8H2,1-2H3,(H,19,20). The molecule has 0 fully saturated rings. The predicted molar refractivity (Wildman–Crippen MR) is 84.3 cm³/mol. The maximum Gasteiger partial charge on any atom is 0.224 e. The lowest BCUT2D eigenvalue weighted by atomic mass is 10.1. The maximum absolute atomic E-state index is 12.0. The number of benzene rings is 2. The number of carbonyl (C=O) groups is 1. The van der Waals surface area contributed by atoms with Gasteiger partial charge >= 0.3 is 0 Å². The Morgan fingerprint density at radius 1 is 1.10 bits per heavy atom. The molecule has 0 saturated carbocycles. The normalized spacial score (nSPS) is 10.3. The molecule has 2 aromatic carbocycles. The second-order valence-corrected chi connectivity index (χ2v) is 5.42. The van der Waals surface area contributed by atoms with Crippen LogP contribution in [-0.4, -0.2) is 5.91 Å². The van der Waals surface area contributed by atoms with Crippen LogP contribution in [-0.2, 0) is 11.2 Å². The molecule has 0 aromatic heterocycles. The van der Waals surface area contributed by atoms with Gasteiger partial charge in [-0.2, -0.15) is 0 Å². The van der Waals surface area contributed by atoms with Crippen LogP contribution in [0.2, 0.25) is 5.02 Å². The highest BCUT2D eigenvalue weighted by Gasteiger charge is 2.06. The highest BCUT2D eigenvalue weighted by Crippen LogP contribution is 2.18. The zero-order chi connectivity index (χ0) is 14.5. The monoisotopic (exact) mass is 287 g/mol. The van der Waals surface area contributed by atoms with E-state index < -0.39 is 0 Å². The second kappa shape index (κ2) is 6.58. The SMILES string of the molecule is Cc1cc(C)cc(NC(=O)CCc2ccccc2Cl)c1. The van der Waals surface area contributed by atoms with Crippen molar-refractivity contribution in [2.45, 2.75) is 26.7 Å². The third-order valence-corrected chi connectivity index (χ3v) is 3.45. The Morgan fingerprint density at radius 3 is 2.40 bits per heavy atom. The van der Waals surface area contributed by atoms with E-state index in [9.17, 15) is 4.79 Å². The Morgan fingerprint density at radius 2 is 1.75 bits per heavy atom. The summed E-state index contributed by atoms with van der Waals surface area (Å²) in [6.07, 6.45) is 1.08. The Hall–Kier alpha value is -1.80. The van der Waals surface area contributed by atoms with Gasteiger partial charge in [-0.05, 0) is 55.2 Å². The molecule has 1 amide bonds. The maximum atomic E-state index is 12.0. The van der Waals surface area contributed by atoms with E-state index in [2.05, 4.69) is 11.4 Å². The molecule has 2 nitrogen and oxygen atoms in total. The molecular formula is C17H18ClNO. The molecule has 1 N–H and O–H groups in total. The molecule has 3 heteroatoms. The molecule has 20 heavy (non-hydrogen) atoms. The van der Waals surface area contributed by atoms with Crippen LogP contribution in [0.3, 0.4) is 0 Å². The second-order valence-electron chi connectivity index (χ2n) is 5.02. The lowest BCUT2D eigenvalue weighted by molar-refractivity contribution is -0.116. The first-order valence-corrected chi connectivity index (χ1v) is 7.04. The van der Waals surface area contributed by atoms with Gasteiger partial charge in [-0.15, -0.1) is 0 Å². The fourth-order valence-corrected chi connectivity index (χ4v) is 2.45. The summed E-state index contributed by atoms with van der Waals surface area (Å²) in [5, 5.41) is 3.65. The molecule has 0 aliphatic carbocycles. The van der Waals surface area contributed by atoms with Crippen LogP contribution < -0.4 is 5.32 Å². The van der Waals surface area contributed by atoms with E-state index in [0.29, 0.717) is 17.9 Å². The molecular weight excluding hydrogens is 270 g/mol. The van der Waals surface area contributed by atoms with Crippen LogP contribution in [0, 0.1) is 13.8 Å². The fraction of sp³-hybridized carbons (Fsp3) is 0.235. The van der Waals surface area contributed by atoms with Gasteiger partial charge in [-0.25, -0.2) is 0 Å². The molecule has 0 saturated heterocycles. The van der Waals surface area contributed by atoms with Gasteiger partial charge in [0.2, 0.25) is 5.91 Å². The smallest absolute Gasteiger partial charge is 0.224 e. The van der Waals surface area contributed by atoms with Gasteiger partial charge in [0.15, 0.2) is 0 Å². The highest BCUT2D eigenvalue weighted by molar-refractivity contribution is 6.31. The van der Waals surface area contributed by atoms with E-state index >= 15 is 0 Å². The van der Waals surface area contributed by atoms with Gasteiger partial charge in [0.1, 0.15) is 0 Å². The minimum atomic E-state index is 0.00918. The van der Waals surface area contributed by atoms with Crippen molar-refractivity contribution in [3.8, 4) is 0 Å². The van der Waals surface area contributed by atoms with Gasteiger partial charge < -0.3 is 5.32 Å². The number of hydrogen-bond donors (Lipinski definition) is 1. The van der Waals surface area contributed by atoms with E-state index in [4.69, 9.17) is 11.6 Å². The number of amides is 1. The number of rotatable bonds is 4. The van der Waals surface area contributed by atoms with E-state index in [-0.39, 0.29) is 5.91 Å². The minimum Gasteiger partial charge on any atom is -0.326 e. The van der Waals surface area contributed by atoms with Gasteiger partial charge in [0.25, 0.3) is 0 Å². The lowest BCUT2D eigenvalue weighted by Gasteiger charge is -2.08. The quantitative estimate of drug-likeness (QED) is 0.879. The number of anilines is 1. The van der Waals surface area contributed by atoms with E-state index in [1.54, 1.807) is 0 Å². The minimum absolute atomic E-state index is 0.00918. The van der Waals surface area contributed by atoms with Crippen LogP contribution in [0.1, 0.15) is 23.1 Å². The van der Waals surface area contributed by atoms with Crippen molar-refractivity contribution in [3.05, 3.63) is 64.2 Å². The summed E-state index contributed by atoms with van der Waals surface area (Å²) >= 11 is 6.08. The molecule has 0 radical (unpaired) electrons. The van der Waals surface area contributed by atoms with Crippen LogP contribution in [0.5, 0.6) is 0 Å². The molecule has 2 rings (SSSR count). The predicted octanol–water partition coefficient (Wildman–Crippen LogP) is 4.53. The number of carbonyl (C=O) groups excluding carboxylic acids is 1. The Kier molecular flexibility index (Phi) is 4.80. The van der Waals surface area contributed by atoms with Gasteiger partial charge in [0, 0.05) is 17.1 Å². The fourth-order valence-electron chi connectivity index (χ4n) is 2.22. The Bertz CT molecular complexity index is 602. The molecule has 2 aromatic rings. The van der Waals surface area contributed by atoms with Gasteiger partial charge in [-0.3, -0.25) is 4.79 Å². The van der Waals surface area contributed by atoms with Crippen LogP contribution >= 0.6 is 11.6 Å². The first-order valence-electron chi connectivity index (χ1n) is 6.66. The highest BCUT2D eigenvalue weighted by atomic mass is 35.5. The summed E-state index contributed by atoms with van der Waals surface area (Å²) in [5.41, 5.74) is 4.15. The average Bonchev–Trinajstić information content (AvgIpc) is 2.36. The largest absolute Gasteiger partial charge is 0.326 e. The zero-order valence-electron chi connectivity index (χ0n) is 11.7. The molecule has 0 aliphatic heterocycles. The summed E-state index contributed by atoms with van der Waals surface area (Å²) in [6.45, 7) is 4.04. The van der Waals surface area contributed by atoms with Gasteiger partial charge in [0.05, 0.1) is 0 Å². The third-order valence-electron chi connectivity index (χ3n) is 3.08. The average molecular weight is 288 g/mol. The number of aryl methyl sites for hydroxylation is 3. The Balaban J connectivity index is 1.94. The van der Waals surface area contributed by atoms with Crippen molar-refractivity contribution in [2.24, 2.45) is 0 Å². The van der Waals surface area contributed by atoms with Crippen molar-refractivity contribution in [1.29, 1.82) is 0 Å². The summed E-state index contributed by atoms with van der Waals surface area (Å²) in [4.78, 5) is 12.0. The van der Waals surface area contributed by atoms with Gasteiger partial charge in [-0.1, -0.05) is 35.9 Å². The lowest BCUT2D eigenvalue weighted by Crippen LogP contribution is -2.12. The number of nitrogens with one attached hydrogen (secondary N) is 1. The summed E-state index contributed by atoms with van der Waals surface area (Å²) in [5.74, 6) is 0.00918.